The van der Waals surface area contributed by atoms with Crippen LogP contribution in [-0.4, -0.2) is 20.3 Å². The molecular formula is C12H16BrNO. The van der Waals surface area contributed by atoms with Crippen molar-refractivity contribution >= 4 is 15.9 Å². The maximum Gasteiger partial charge on any atom is 0.0468 e. The molecule has 3 heteroatoms. The molecular weight excluding hydrogens is 254 g/mol. The summed E-state index contributed by atoms with van der Waals surface area (Å²) in [7, 11) is 1.76. The van der Waals surface area contributed by atoms with Crippen LogP contribution in [0.3, 0.4) is 0 Å². The van der Waals surface area contributed by atoms with Crippen LogP contribution in [-0.2, 0) is 11.3 Å². The summed E-state index contributed by atoms with van der Waals surface area (Å²) in [4.78, 5) is 0. The molecule has 0 bridgehead atoms. The van der Waals surface area contributed by atoms with Crippen LogP contribution < -0.4 is 5.32 Å². The highest BCUT2D eigenvalue weighted by atomic mass is 79.9. The van der Waals surface area contributed by atoms with Crippen LogP contribution in [0.15, 0.2) is 22.7 Å². The molecule has 0 radical (unpaired) electrons. The Hall–Kier alpha value is -0.380. The Bertz CT molecular complexity index is 340. The van der Waals surface area contributed by atoms with E-state index in [1.165, 1.54) is 15.6 Å². The molecule has 0 spiro atoms. The molecule has 1 aromatic carbocycles. The molecule has 15 heavy (non-hydrogen) atoms. The van der Waals surface area contributed by atoms with Gasteiger partial charge in [0.1, 0.15) is 0 Å². The summed E-state index contributed by atoms with van der Waals surface area (Å²) in [6, 6.07) is 6.56. The molecule has 82 valence electrons. The summed E-state index contributed by atoms with van der Waals surface area (Å²) < 4.78 is 6.32. The molecule has 0 fully saturated rings. The lowest BCUT2D eigenvalue weighted by Gasteiger charge is -2.26. The SMILES string of the molecule is COCCC1CNCc2ccc(Br)cc21. The topological polar surface area (TPSA) is 21.3 Å². The Labute approximate surface area is 99.1 Å². The molecule has 0 amide bonds. The van der Waals surface area contributed by atoms with E-state index in [1.807, 2.05) is 0 Å². The van der Waals surface area contributed by atoms with Crippen molar-refractivity contribution in [2.75, 3.05) is 20.3 Å². The minimum absolute atomic E-state index is 0.589. The molecule has 2 nitrogen and oxygen atoms in total. The maximum atomic E-state index is 5.15. The molecule has 0 aromatic heterocycles. The highest BCUT2D eigenvalue weighted by molar-refractivity contribution is 9.10. The maximum absolute atomic E-state index is 5.15. The van der Waals surface area contributed by atoms with Crippen molar-refractivity contribution in [2.45, 2.75) is 18.9 Å². The molecule has 0 aliphatic carbocycles. The second-order valence-electron chi connectivity index (χ2n) is 3.95. The largest absolute Gasteiger partial charge is 0.385 e. The molecule has 1 N–H and O–H groups in total. The lowest BCUT2D eigenvalue weighted by atomic mass is 9.89. The molecule has 1 heterocycles. The molecule has 1 unspecified atom stereocenters. The van der Waals surface area contributed by atoms with E-state index in [4.69, 9.17) is 4.74 Å². The number of fused-ring (bicyclic) bond motifs is 1. The van der Waals surface area contributed by atoms with Gasteiger partial charge >= 0.3 is 0 Å². The summed E-state index contributed by atoms with van der Waals surface area (Å²) in [5, 5.41) is 3.45. The molecule has 1 aromatic rings. The van der Waals surface area contributed by atoms with Gasteiger partial charge in [0.15, 0.2) is 0 Å². The van der Waals surface area contributed by atoms with Crippen molar-refractivity contribution in [2.24, 2.45) is 0 Å². The molecule has 1 aliphatic heterocycles. The van der Waals surface area contributed by atoms with E-state index in [-0.39, 0.29) is 0 Å². The van der Waals surface area contributed by atoms with Crippen LogP contribution >= 0.6 is 15.9 Å². The van der Waals surface area contributed by atoms with Crippen LogP contribution in [0.2, 0.25) is 0 Å². The number of ether oxygens (including phenoxy) is 1. The van der Waals surface area contributed by atoms with Gasteiger partial charge in [-0.05, 0) is 35.6 Å². The van der Waals surface area contributed by atoms with E-state index in [9.17, 15) is 0 Å². The predicted molar refractivity (Wildman–Crippen MR) is 65.1 cm³/mol. The quantitative estimate of drug-likeness (QED) is 0.911. The number of rotatable bonds is 3. The van der Waals surface area contributed by atoms with E-state index in [1.54, 1.807) is 7.11 Å². The zero-order chi connectivity index (χ0) is 10.7. The zero-order valence-electron chi connectivity index (χ0n) is 8.92. The van der Waals surface area contributed by atoms with Crippen molar-refractivity contribution in [1.29, 1.82) is 0 Å². The number of hydrogen-bond acceptors (Lipinski definition) is 2. The van der Waals surface area contributed by atoms with Crippen LogP contribution in [0.25, 0.3) is 0 Å². The first-order valence-corrected chi connectivity index (χ1v) is 6.08. The summed E-state index contributed by atoms with van der Waals surface area (Å²) >= 11 is 3.53. The number of methoxy groups -OCH3 is 1. The van der Waals surface area contributed by atoms with E-state index >= 15 is 0 Å². The van der Waals surface area contributed by atoms with Crippen LogP contribution in [0.4, 0.5) is 0 Å². The van der Waals surface area contributed by atoms with Crippen molar-refractivity contribution in [1.82, 2.24) is 5.32 Å². The minimum atomic E-state index is 0.589. The predicted octanol–water partition coefficient (Wildman–Crippen LogP) is 2.67. The summed E-state index contributed by atoms with van der Waals surface area (Å²) in [5.41, 5.74) is 2.89. The fraction of sp³-hybridized carbons (Fsp3) is 0.500. The van der Waals surface area contributed by atoms with Gasteiger partial charge in [-0.15, -0.1) is 0 Å². The third-order valence-corrected chi connectivity index (χ3v) is 3.42. The van der Waals surface area contributed by atoms with Gasteiger partial charge in [0.2, 0.25) is 0 Å². The zero-order valence-corrected chi connectivity index (χ0v) is 10.5. The Kier molecular flexibility index (Phi) is 3.78. The van der Waals surface area contributed by atoms with Gasteiger partial charge < -0.3 is 10.1 Å². The fourth-order valence-corrected chi connectivity index (χ4v) is 2.49. The second-order valence-corrected chi connectivity index (χ2v) is 4.87. The summed E-state index contributed by atoms with van der Waals surface area (Å²) in [6.45, 7) is 2.89. The normalized spacial score (nSPS) is 20.0. The van der Waals surface area contributed by atoms with E-state index < -0.39 is 0 Å². The van der Waals surface area contributed by atoms with Gasteiger partial charge in [-0.3, -0.25) is 0 Å². The minimum Gasteiger partial charge on any atom is -0.385 e. The van der Waals surface area contributed by atoms with Gasteiger partial charge in [0, 0.05) is 31.3 Å². The monoisotopic (exact) mass is 269 g/mol. The smallest absolute Gasteiger partial charge is 0.0468 e. The van der Waals surface area contributed by atoms with Gasteiger partial charge in [-0.1, -0.05) is 22.0 Å². The molecule has 0 saturated carbocycles. The number of hydrogen-bond donors (Lipinski definition) is 1. The Balaban J connectivity index is 2.20. The Morgan fingerprint density at radius 2 is 2.40 bits per heavy atom. The Morgan fingerprint density at radius 3 is 3.20 bits per heavy atom. The number of benzene rings is 1. The Morgan fingerprint density at radius 1 is 1.53 bits per heavy atom. The van der Waals surface area contributed by atoms with Crippen LogP contribution in [0.5, 0.6) is 0 Å². The average molecular weight is 270 g/mol. The third kappa shape index (κ3) is 2.60. The molecule has 1 aliphatic rings. The van der Waals surface area contributed by atoms with Crippen LogP contribution in [0, 0.1) is 0 Å². The average Bonchev–Trinajstić information content (AvgIpc) is 2.26. The van der Waals surface area contributed by atoms with E-state index in [0.717, 1.165) is 26.1 Å². The molecule has 2 rings (SSSR count). The number of halogens is 1. The van der Waals surface area contributed by atoms with Crippen LogP contribution in [0.1, 0.15) is 23.5 Å². The highest BCUT2D eigenvalue weighted by Crippen LogP contribution is 2.29. The second kappa shape index (κ2) is 5.10. The first-order chi connectivity index (χ1) is 7.31. The fourth-order valence-electron chi connectivity index (χ4n) is 2.12. The van der Waals surface area contributed by atoms with E-state index in [2.05, 4.69) is 39.4 Å². The van der Waals surface area contributed by atoms with Crippen molar-refractivity contribution in [3.05, 3.63) is 33.8 Å². The number of nitrogens with one attached hydrogen (secondary N) is 1. The standard InChI is InChI=1S/C12H16BrNO/c1-15-5-4-10-8-14-7-9-2-3-11(13)6-12(9)10/h2-3,6,10,14H,4-5,7-8H2,1H3. The van der Waals surface area contributed by atoms with E-state index in [0.29, 0.717) is 5.92 Å². The summed E-state index contributed by atoms with van der Waals surface area (Å²) in [6.07, 6.45) is 1.09. The van der Waals surface area contributed by atoms with Crippen molar-refractivity contribution in [3.8, 4) is 0 Å². The van der Waals surface area contributed by atoms with Crippen molar-refractivity contribution in [3.63, 3.8) is 0 Å². The van der Waals surface area contributed by atoms with Gasteiger partial charge in [-0.2, -0.15) is 0 Å². The molecule has 1 atom stereocenters. The third-order valence-electron chi connectivity index (χ3n) is 2.92. The first kappa shape index (κ1) is 11.1. The molecule has 0 saturated heterocycles. The summed E-state index contributed by atoms with van der Waals surface area (Å²) in [5.74, 6) is 0.589. The van der Waals surface area contributed by atoms with Crippen molar-refractivity contribution < 1.29 is 4.74 Å². The van der Waals surface area contributed by atoms with Gasteiger partial charge in [0.25, 0.3) is 0 Å². The first-order valence-electron chi connectivity index (χ1n) is 5.29. The van der Waals surface area contributed by atoms with Gasteiger partial charge in [0.05, 0.1) is 0 Å². The lowest BCUT2D eigenvalue weighted by molar-refractivity contribution is 0.186. The van der Waals surface area contributed by atoms with Gasteiger partial charge in [-0.25, -0.2) is 0 Å². The lowest BCUT2D eigenvalue weighted by Crippen LogP contribution is -2.28. The highest BCUT2D eigenvalue weighted by Gasteiger charge is 2.19.